The van der Waals surface area contributed by atoms with Gasteiger partial charge in [-0.2, -0.15) is 0 Å². The summed E-state index contributed by atoms with van der Waals surface area (Å²) in [5.41, 5.74) is 4.12. The fourth-order valence-corrected chi connectivity index (χ4v) is 3.15. The Morgan fingerprint density at radius 3 is 2.21 bits per heavy atom. The van der Waals surface area contributed by atoms with Crippen LogP contribution in [0.3, 0.4) is 0 Å². The van der Waals surface area contributed by atoms with Gasteiger partial charge >= 0.3 is 5.97 Å². The third-order valence-electron chi connectivity index (χ3n) is 4.40. The van der Waals surface area contributed by atoms with Crippen molar-refractivity contribution in [1.29, 1.82) is 0 Å². The predicted molar refractivity (Wildman–Crippen MR) is 117 cm³/mol. The van der Waals surface area contributed by atoms with Gasteiger partial charge in [0.2, 0.25) is 5.91 Å². The minimum atomic E-state index is -0.961. The fourth-order valence-electron chi connectivity index (χ4n) is 3.15. The normalized spacial score (nSPS) is 10.4. The fraction of sp³-hybridized carbons (Fsp3) is 0.0455. The van der Waals surface area contributed by atoms with Crippen LogP contribution in [0.5, 0.6) is 0 Å². The van der Waals surface area contributed by atoms with Gasteiger partial charge in [-0.1, -0.05) is 18.2 Å². The van der Waals surface area contributed by atoms with Crippen molar-refractivity contribution in [3.63, 3.8) is 0 Å². The lowest BCUT2D eigenvalue weighted by Gasteiger charge is -2.14. The standard InChI is InChI=1S/C22H17N3O3.ClH/c1-13(26)23-16-10-11-18-20(12-16)25-19-5-3-2-4-17(19)21(18)24-15-8-6-14(7-9-15)22(27)28;/h2-12H,1H3,(H,23,26)(H,24,25)(H,27,28);1H. The molecule has 0 radical (unpaired) electrons. The molecule has 146 valence electrons. The van der Waals surface area contributed by atoms with E-state index in [1.807, 2.05) is 42.5 Å². The summed E-state index contributed by atoms with van der Waals surface area (Å²) in [6, 6.07) is 19.9. The first kappa shape index (κ1) is 20.1. The summed E-state index contributed by atoms with van der Waals surface area (Å²) >= 11 is 0. The van der Waals surface area contributed by atoms with Crippen molar-refractivity contribution in [2.24, 2.45) is 0 Å². The number of carboxylic acid groups (broad SMARTS) is 1. The van der Waals surface area contributed by atoms with Crippen LogP contribution in [0.25, 0.3) is 21.8 Å². The van der Waals surface area contributed by atoms with E-state index in [0.717, 1.165) is 33.2 Å². The Bertz CT molecular complexity index is 1220. The molecule has 4 aromatic rings. The Hall–Kier alpha value is -3.64. The van der Waals surface area contributed by atoms with Gasteiger partial charge < -0.3 is 15.7 Å². The maximum Gasteiger partial charge on any atom is 0.335 e. The summed E-state index contributed by atoms with van der Waals surface area (Å²) in [5, 5.41) is 17.1. The molecular formula is C22H18ClN3O3. The summed E-state index contributed by atoms with van der Waals surface area (Å²) in [6.45, 7) is 1.46. The molecule has 0 aliphatic heterocycles. The Balaban J connectivity index is 0.00000240. The lowest BCUT2D eigenvalue weighted by molar-refractivity contribution is -0.114. The quantitative estimate of drug-likeness (QED) is 0.404. The summed E-state index contributed by atoms with van der Waals surface area (Å²) in [5.74, 6) is -1.10. The second kappa shape index (κ2) is 8.16. The third-order valence-corrected chi connectivity index (χ3v) is 4.40. The van der Waals surface area contributed by atoms with Crippen molar-refractivity contribution in [2.45, 2.75) is 6.92 Å². The largest absolute Gasteiger partial charge is 0.478 e. The molecule has 6 nitrogen and oxygen atoms in total. The number of pyridine rings is 1. The molecule has 29 heavy (non-hydrogen) atoms. The second-order valence-electron chi connectivity index (χ2n) is 6.42. The van der Waals surface area contributed by atoms with E-state index in [4.69, 9.17) is 10.1 Å². The predicted octanol–water partition coefficient (Wildman–Crippen LogP) is 5.21. The average molecular weight is 408 g/mol. The number of anilines is 3. The van der Waals surface area contributed by atoms with Crippen LogP contribution in [0.4, 0.5) is 17.1 Å². The first-order chi connectivity index (χ1) is 13.5. The highest BCUT2D eigenvalue weighted by Gasteiger charge is 2.11. The molecule has 0 atom stereocenters. The zero-order valence-corrected chi connectivity index (χ0v) is 16.3. The molecule has 1 aromatic heterocycles. The number of nitrogens with one attached hydrogen (secondary N) is 2. The molecule has 1 heterocycles. The van der Waals surface area contributed by atoms with Gasteiger partial charge in [0.05, 0.1) is 22.3 Å². The molecule has 3 aromatic carbocycles. The molecular weight excluding hydrogens is 390 g/mol. The van der Waals surface area contributed by atoms with Crippen molar-refractivity contribution in [3.8, 4) is 0 Å². The molecule has 0 saturated carbocycles. The first-order valence-corrected chi connectivity index (χ1v) is 8.72. The number of aromatic nitrogens is 1. The number of hydrogen-bond donors (Lipinski definition) is 3. The molecule has 0 spiro atoms. The van der Waals surface area contributed by atoms with Crippen molar-refractivity contribution < 1.29 is 14.7 Å². The van der Waals surface area contributed by atoms with E-state index >= 15 is 0 Å². The molecule has 0 aliphatic carbocycles. The van der Waals surface area contributed by atoms with Crippen molar-refractivity contribution in [3.05, 3.63) is 72.3 Å². The monoisotopic (exact) mass is 407 g/mol. The lowest BCUT2D eigenvalue weighted by Crippen LogP contribution is -2.05. The number of hydrogen-bond acceptors (Lipinski definition) is 4. The number of para-hydroxylation sites is 1. The topological polar surface area (TPSA) is 91.3 Å². The summed E-state index contributed by atoms with van der Waals surface area (Å²) in [7, 11) is 0. The number of carbonyl (C=O) groups excluding carboxylic acids is 1. The highest BCUT2D eigenvalue weighted by molar-refractivity contribution is 6.09. The smallest absolute Gasteiger partial charge is 0.335 e. The van der Waals surface area contributed by atoms with Gasteiger partial charge in [0.25, 0.3) is 0 Å². The summed E-state index contributed by atoms with van der Waals surface area (Å²) in [4.78, 5) is 27.1. The maximum atomic E-state index is 11.4. The SMILES string of the molecule is CC(=O)Nc1ccc2c(Nc3ccc(C(=O)O)cc3)c3ccccc3nc2c1.Cl. The van der Waals surface area contributed by atoms with Crippen LogP contribution in [-0.2, 0) is 4.79 Å². The van der Waals surface area contributed by atoms with E-state index < -0.39 is 5.97 Å². The van der Waals surface area contributed by atoms with Gasteiger partial charge in [-0.3, -0.25) is 4.79 Å². The van der Waals surface area contributed by atoms with Gasteiger partial charge in [0, 0.05) is 29.1 Å². The third kappa shape index (κ3) is 4.12. The van der Waals surface area contributed by atoms with E-state index in [1.165, 1.54) is 6.92 Å². The number of nitrogens with zero attached hydrogens (tertiary/aromatic N) is 1. The number of carboxylic acids is 1. The van der Waals surface area contributed by atoms with E-state index in [0.29, 0.717) is 5.69 Å². The number of aromatic carboxylic acids is 1. The molecule has 0 bridgehead atoms. The summed E-state index contributed by atoms with van der Waals surface area (Å²) in [6.07, 6.45) is 0. The number of fused-ring (bicyclic) bond motifs is 2. The highest BCUT2D eigenvalue weighted by atomic mass is 35.5. The van der Waals surface area contributed by atoms with E-state index in [1.54, 1.807) is 24.3 Å². The number of halogens is 1. The van der Waals surface area contributed by atoms with E-state index in [9.17, 15) is 9.59 Å². The van der Waals surface area contributed by atoms with Crippen LogP contribution in [-0.4, -0.2) is 22.0 Å². The van der Waals surface area contributed by atoms with Crippen LogP contribution < -0.4 is 10.6 Å². The lowest BCUT2D eigenvalue weighted by atomic mass is 10.1. The molecule has 1 amide bonds. The van der Waals surface area contributed by atoms with E-state index in [-0.39, 0.29) is 23.9 Å². The zero-order chi connectivity index (χ0) is 19.7. The van der Waals surface area contributed by atoms with Crippen molar-refractivity contribution >= 4 is 63.2 Å². The Morgan fingerprint density at radius 1 is 0.862 bits per heavy atom. The summed E-state index contributed by atoms with van der Waals surface area (Å²) < 4.78 is 0. The van der Waals surface area contributed by atoms with Gasteiger partial charge in [-0.25, -0.2) is 9.78 Å². The minimum absolute atomic E-state index is 0. The van der Waals surface area contributed by atoms with Crippen molar-refractivity contribution in [2.75, 3.05) is 10.6 Å². The molecule has 4 rings (SSSR count). The van der Waals surface area contributed by atoms with Crippen LogP contribution in [0.15, 0.2) is 66.7 Å². The maximum absolute atomic E-state index is 11.4. The zero-order valence-electron chi connectivity index (χ0n) is 15.5. The van der Waals surface area contributed by atoms with Crippen LogP contribution >= 0.6 is 12.4 Å². The molecule has 0 saturated heterocycles. The van der Waals surface area contributed by atoms with Crippen LogP contribution in [0.2, 0.25) is 0 Å². The molecule has 7 heteroatoms. The highest BCUT2D eigenvalue weighted by Crippen LogP contribution is 2.34. The van der Waals surface area contributed by atoms with E-state index in [2.05, 4.69) is 10.6 Å². The number of amides is 1. The van der Waals surface area contributed by atoms with Gasteiger partial charge in [-0.05, 0) is 48.5 Å². The number of rotatable bonds is 4. The molecule has 0 fully saturated rings. The Labute approximate surface area is 173 Å². The Kier molecular flexibility index (Phi) is 5.66. The van der Waals surface area contributed by atoms with Crippen molar-refractivity contribution in [1.82, 2.24) is 4.98 Å². The van der Waals surface area contributed by atoms with Gasteiger partial charge in [-0.15, -0.1) is 12.4 Å². The minimum Gasteiger partial charge on any atom is -0.478 e. The van der Waals surface area contributed by atoms with Gasteiger partial charge in [0.15, 0.2) is 0 Å². The first-order valence-electron chi connectivity index (χ1n) is 8.72. The second-order valence-corrected chi connectivity index (χ2v) is 6.42. The van der Waals surface area contributed by atoms with Crippen LogP contribution in [0.1, 0.15) is 17.3 Å². The molecule has 0 aliphatic rings. The van der Waals surface area contributed by atoms with Gasteiger partial charge in [0.1, 0.15) is 0 Å². The number of carbonyl (C=O) groups is 2. The molecule has 0 unspecified atom stereocenters. The Morgan fingerprint density at radius 2 is 1.52 bits per heavy atom. The average Bonchev–Trinajstić information content (AvgIpc) is 2.67. The molecule has 3 N–H and O–H groups in total. The number of benzene rings is 3. The van der Waals surface area contributed by atoms with Crippen LogP contribution in [0, 0.1) is 0 Å².